The van der Waals surface area contributed by atoms with Gasteiger partial charge in [-0.2, -0.15) is 0 Å². The van der Waals surface area contributed by atoms with Crippen LogP contribution in [0.3, 0.4) is 0 Å². The molecule has 0 saturated carbocycles. The van der Waals surface area contributed by atoms with Crippen molar-refractivity contribution in [1.82, 2.24) is 5.32 Å². The third kappa shape index (κ3) is 5.50. The highest BCUT2D eigenvalue weighted by molar-refractivity contribution is 5.89. The van der Waals surface area contributed by atoms with Gasteiger partial charge in [-0.1, -0.05) is 29.8 Å². The Morgan fingerprint density at radius 1 is 1.04 bits per heavy atom. The van der Waals surface area contributed by atoms with Gasteiger partial charge in [-0.15, -0.1) is 0 Å². The van der Waals surface area contributed by atoms with E-state index in [4.69, 9.17) is 0 Å². The van der Waals surface area contributed by atoms with Gasteiger partial charge in [-0.3, -0.25) is 0 Å². The molecule has 0 saturated heterocycles. The first kappa shape index (κ1) is 18.8. The van der Waals surface area contributed by atoms with Crippen LogP contribution in [0.1, 0.15) is 17.2 Å². The molecule has 0 unspecified atom stereocenters. The molecule has 2 aromatic carbocycles. The highest BCUT2D eigenvalue weighted by Crippen LogP contribution is 2.16. The van der Waals surface area contributed by atoms with Crippen LogP contribution in [-0.2, 0) is 0 Å². The predicted molar refractivity (Wildman–Crippen MR) is 105 cm³/mol. The summed E-state index contributed by atoms with van der Waals surface area (Å²) in [6.07, 6.45) is 0. The van der Waals surface area contributed by atoms with Crippen LogP contribution in [0.5, 0.6) is 0 Å². The van der Waals surface area contributed by atoms with E-state index in [1.165, 1.54) is 21.7 Å². The molecule has 5 nitrogen and oxygen atoms in total. The normalized spacial score (nSPS) is 11.9. The monoisotopic (exact) mass is 341 g/mol. The number of carbonyl (C=O) groups excluding carboxylic acids is 1. The Hall–Kier alpha value is -2.53. The Morgan fingerprint density at radius 2 is 1.64 bits per heavy atom. The third-order valence-electron chi connectivity index (χ3n) is 4.28. The summed E-state index contributed by atoms with van der Waals surface area (Å²) < 4.78 is 0. The van der Waals surface area contributed by atoms with Crippen LogP contribution in [0.25, 0.3) is 0 Å². The molecule has 0 bridgehead atoms. The molecule has 0 spiro atoms. The van der Waals surface area contributed by atoms with Crippen LogP contribution in [0, 0.1) is 6.92 Å². The predicted octanol–water partition coefficient (Wildman–Crippen LogP) is 2.07. The standard InChI is InChI=1S/C20H28N4O/c1-15-6-10-17(11-7-15)22-20(25)21-14-19(24(4)5)16-8-12-18(13-9-16)23(2)3/h6-13,19H,14H2,1-5H3,(H2,21,22,25)/p+1/t19-/m0/s1. The van der Waals surface area contributed by atoms with Crippen molar-refractivity contribution in [2.45, 2.75) is 13.0 Å². The van der Waals surface area contributed by atoms with Gasteiger partial charge in [0.05, 0.1) is 20.6 Å². The number of nitrogens with one attached hydrogen (secondary N) is 3. The average molecular weight is 341 g/mol. The summed E-state index contributed by atoms with van der Waals surface area (Å²) in [5, 5.41) is 5.85. The molecule has 0 aliphatic heterocycles. The Labute approximate surface area is 150 Å². The number of amides is 2. The lowest BCUT2D eigenvalue weighted by Gasteiger charge is -2.23. The Kier molecular flexibility index (Phi) is 6.42. The van der Waals surface area contributed by atoms with E-state index in [1.807, 2.05) is 45.3 Å². The molecule has 2 amide bonds. The molecule has 3 N–H and O–H groups in total. The highest BCUT2D eigenvalue weighted by Gasteiger charge is 2.18. The third-order valence-corrected chi connectivity index (χ3v) is 4.28. The average Bonchev–Trinajstić information content (AvgIpc) is 2.57. The number of aryl methyl sites for hydroxylation is 1. The molecule has 0 heterocycles. The molecule has 5 heteroatoms. The number of rotatable bonds is 6. The van der Waals surface area contributed by atoms with Gasteiger partial charge in [0, 0.05) is 31.0 Å². The Balaban J connectivity index is 1.96. The second-order valence-corrected chi connectivity index (χ2v) is 6.82. The van der Waals surface area contributed by atoms with Crippen LogP contribution in [0.2, 0.25) is 0 Å². The fourth-order valence-corrected chi connectivity index (χ4v) is 2.67. The summed E-state index contributed by atoms with van der Waals surface area (Å²) in [7, 11) is 8.26. The van der Waals surface area contributed by atoms with Crippen LogP contribution in [0.4, 0.5) is 16.2 Å². The second kappa shape index (κ2) is 8.53. The molecule has 25 heavy (non-hydrogen) atoms. The summed E-state index contributed by atoms with van der Waals surface area (Å²) in [5.41, 5.74) is 4.35. The number of nitrogens with zero attached hydrogens (tertiary/aromatic N) is 1. The highest BCUT2D eigenvalue weighted by atomic mass is 16.2. The number of urea groups is 1. The zero-order valence-electron chi connectivity index (χ0n) is 15.8. The minimum atomic E-state index is -0.181. The Bertz CT molecular complexity index is 678. The molecule has 0 aromatic heterocycles. The van der Waals surface area contributed by atoms with E-state index in [9.17, 15) is 4.79 Å². The number of quaternary nitrogens is 1. The van der Waals surface area contributed by atoms with Crippen molar-refractivity contribution in [2.75, 3.05) is 45.0 Å². The van der Waals surface area contributed by atoms with Crippen molar-refractivity contribution in [1.29, 1.82) is 0 Å². The SMILES string of the molecule is Cc1ccc(NC(=O)NC[C@@H](c2ccc(N(C)C)cc2)[NH+](C)C)cc1. The van der Waals surface area contributed by atoms with Crippen LogP contribution < -0.4 is 20.4 Å². The minimum Gasteiger partial charge on any atom is -0.378 e. The molecule has 2 rings (SSSR count). The maximum absolute atomic E-state index is 12.2. The first-order valence-electron chi connectivity index (χ1n) is 8.55. The van der Waals surface area contributed by atoms with Crippen molar-refractivity contribution in [2.24, 2.45) is 0 Å². The van der Waals surface area contributed by atoms with E-state index in [2.05, 4.69) is 53.9 Å². The molecule has 2 aromatic rings. The van der Waals surface area contributed by atoms with Gasteiger partial charge in [0.25, 0.3) is 0 Å². The minimum absolute atomic E-state index is 0.181. The van der Waals surface area contributed by atoms with Gasteiger partial charge in [-0.25, -0.2) is 4.79 Å². The molecular formula is C20H29N4O+. The summed E-state index contributed by atoms with van der Waals surface area (Å²) in [5.74, 6) is 0. The van der Waals surface area contributed by atoms with E-state index in [0.29, 0.717) is 6.54 Å². The number of carbonyl (C=O) groups is 1. The van der Waals surface area contributed by atoms with Crippen molar-refractivity contribution >= 4 is 17.4 Å². The van der Waals surface area contributed by atoms with Crippen LogP contribution in [0.15, 0.2) is 48.5 Å². The lowest BCUT2D eigenvalue weighted by atomic mass is 10.1. The van der Waals surface area contributed by atoms with E-state index in [-0.39, 0.29) is 12.1 Å². The summed E-state index contributed by atoms with van der Waals surface area (Å²) in [4.78, 5) is 15.5. The van der Waals surface area contributed by atoms with Crippen molar-refractivity contribution in [3.63, 3.8) is 0 Å². The zero-order chi connectivity index (χ0) is 18.4. The van der Waals surface area contributed by atoms with Gasteiger partial charge < -0.3 is 20.4 Å². The van der Waals surface area contributed by atoms with Crippen molar-refractivity contribution in [3.05, 3.63) is 59.7 Å². The van der Waals surface area contributed by atoms with Crippen LogP contribution >= 0.6 is 0 Å². The number of hydrogen-bond acceptors (Lipinski definition) is 2. The fourth-order valence-electron chi connectivity index (χ4n) is 2.67. The van der Waals surface area contributed by atoms with Gasteiger partial charge in [0.15, 0.2) is 0 Å². The molecule has 134 valence electrons. The second-order valence-electron chi connectivity index (χ2n) is 6.82. The van der Waals surface area contributed by atoms with Gasteiger partial charge >= 0.3 is 6.03 Å². The molecule has 1 atom stereocenters. The Morgan fingerprint density at radius 3 is 2.16 bits per heavy atom. The molecule has 0 aliphatic carbocycles. The van der Waals surface area contributed by atoms with Gasteiger partial charge in [0.2, 0.25) is 0 Å². The lowest BCUT2D eigenvalue weighted by molar-refractivity contribution is -0.890. The number of hydrogen-bond donors (Lipinski definition) is 3. The quantitative estimate of drug-likeness (QED) is 0.753. The van der Waals surface area contributed by atoms with E-state index >= 15 is 0 Å². The smallest absolute Gasteiger partial charge is 0.319 e. The molecular weight excluding hydrogens is 312 g/mol. The van der Waals surface area contributed by atoms with E-state index < -0.39 is 0 Å². The van der Waals surface area contributed by atoms with Crippen molar-refractivity contribution < 1.29 is 9.69 Å². The number of anilines is 2. The molecule has 0 aliphatic rings. The summed E-state index contributed by atoms with van der Waals surface area (Å²) >= 11 is 0. The van der Waals surface area contributed by atoms with E-state index in [1.54, 1.807) is 0 Å². The topological polar surface area (TPSA) is 48.8 Å². The summed E-state index contributed by atoms with van der Waals surface area (Å²) in [6, 6.07) is 16.3. The number of likely N-dealkylation sites (N-methyl/N-ethyl adjacent to an activating group) is 1. The lowest BCUT2D eigenvalue weighted by Crippen LogP contribution is -3.07. The number of benzene rings is 2. The zero-order valence-corrected chi connectivity index (χ0v) is 15.8. The fraction of sp³-hybridized carbons (Fsp3) is 0.350. The first-order valence-corrected chi connectivity index (χ1v) is 8.55. The largest absolute Gasteiger partial charge is 0.378 e. The van der Waals surface area contributed by atoms with Crippen molar-refractivity contribution in [3.8, 4) is 0 Å². The van der Waals surface area contributed by atoms with Crippen LogP contribution in [-0.4, -0.2) is 40.8 Å². The maximum atomic E-state index is 12.2. The maximum Gasteiger partial charge on any atom is 0.319 e. The first-order chi connectivity index (χ1) is 11.9. The van der Waals surface area contributed by atoms with Gasteiger partial charge in [-0.05, 0) is 31.2 Å². The van der Waals surface area contributed by atoms with E-state index in [0.717, 1.165) is 5.69 Å². The molecule has 0 radical (unpaired) electrons. The summed E-state index contributed by atoms with van der Waals surface area (Å²) in [6.45, 7) is 2.59. The molecule has 0 fully saturated rings. The van der Waals surface area contributed by atoms with Gasteiger partial charge in [0.1, 0.15) is 6.04 Å².